The van der Waals surface area contributed by atoms with Crippen LogP contribution in [0.15, 0.2) is 72.8 Å². The molecule has 5 fully saturated rings. The van der Waals surface area contributed by atoms with Crippen molar-refractivity contribution < 1.29 is 14.3 Å². The van der Waals surface area contributed by atoms with Crippen molar-refractivity contribution in [3.63, 3.8) is 0 Å². The number of thiazole rings is 1. The van der Waals surface area contributed by atoms with E-state index in [4.69, 9.17) is 9.72 Å². The number of aromatic nitrogens is 2. The number of carbonyl (C=O) groups excluding carboxylic acids is 2. The van der Waals surface area contributed by atoms with Crippen LogP contribution >= 0.6 is 11.3 Å². The third-order valence-corrected chi connectivity index (χ3v) is 14.6. The van der Waals surface area contributed by atoms with E-state index in [9.17, 15) is 14.9 Å². The van der Waals surface area contributed by atoms with Crippen molar-refractivity contribution in [2.45, 2.75) is 96.7 Å². The lowest BCUT2D eigenvalue weighted by Gasteiger charge is -2.60. The molecule has 0 spiro atoms. The molecule has 2 aliphatic heterocycles. The number of nitriles is 1. The van der Waals surface area contributed by atoms with Crippen LogP contribution in [0.25, 0.3) is 21.3 Å². The van der Waals surface area contributed by atoms with Crippen molar-refractivity contribution in [2.24, 2.45) is 23.2 Å². The highest BCUT2D eigenvalue weighted by atomic mass is 32.1. The maximum Gasteiger partial charge on any atom is 0.358 e. The minimum absolute atomic E-state index is 0.188. The van der Waals surface area contributed by atoms with Gasteiger partial charge in [0.1, 0.15) is 17.5 Å². The molecule has 296 valence electrons. The summed E-state index contributed by atoms with van der Waals surface area (Å²) in [5.41, 5.74) is 6.12. The Morgan fingerprint density at radius 3 is 2.40 bits per heavy atom. The minimum atomic E-state index is -0.748. The molecule has 4 aliphatic carbocycles. The molecule has 10 heteroatoms. The third-order valence-electron chi connectivity index (χ3n) is 13.6. The number of para-hydroxylation sites is 1. The molecule has 0 radical (unpaired) electrons. The Morgan fingerprint density at radius 1 is 0.897 bits per heavy atom. The standard InChI is InChI=1S/C48H50N6O3S/c1-47(2,3)57-45(56)43-34(33-10-7-13-39(36(33)27-49)54-19-8-15-41(54)48-24-29-21-30(25-48)23-31(22-29)26-48)16-17-42(51-43)53-20-18-32-9-6-11-35(37(32)28-53)44(55)52-46-50-38-12-4-5-14-40(38)58-46/h4-7,9-14,16-17,29-31,41H,8,15,18-26,28H2,1-3H3,(H,50,52,55). The Morgan fingerprint density at radius 2 is 1.66 bits per heavy atom. The van der Waals surface area contributed by atoms with Crippen LogP contribution in [0.1, 0.15) is 110 Å². The number of esters is 1. The predicted octanol–water partition coefficient (Wildman–Crippen LogP) is 10.2. The summed E-state index contributed by atoms with van der Waals surface area (Å²) in [5, 5.41) is 14.5. The molecular weight excluding hydrogens is 741 g/mol. The molecule has 6 aliphatic rings. The third kappa shape index (κ3) is 6.61. The van der Waals surface area contributed by atoms with Crippen LogP contribution in [0.5, 0.6) is 0 Å². The second kappa shape index (κ2) is 14.2. The summed E-state index contributed by atoms with van der Waals surface area (Å²) in [6.45, 7) is 7.62. The summed E-state index contributed by atoms with van der Waals surface area (Å²) in [5.74, 6) is 2.46. The summed E-state index contributed by atoms with van der Waals surface area (Å²) in [6.07, 6.45) is 11.2. The van der Waals surface area contributed by atoms with Gasteiger partial charge < -0.3 is 14.5 Å². The van der Waals surface area contributed by atoms with Crippen LogP contribution in [0.4, 0.5) is 16.6 Å². The topological polar surface area (TPSA) is 111 Å². The SMILES string of the molecule is CC(C)(C)OC(=O)c1nc(N2CCc3cccc(C(=O)Nc4nc5ccccc5s4)c3C2)ccc1-c1cccc(N2CCCC2C23CC4CC(CC(C4)C2)C3)c1C#N. The predicted molar refractivity (Wildman–Crippen MR) is 229 cm³/mol. The number of anilines is 3. The Balaban J connectivity index is 0.979. The van der Waals surface area contributed by atoms with E-state index < -0.39 is 11.6 Å². The zero-order valence-electron chi connectivity index (χ0n) is 33.6. The lowest BCUT2D eigenvalue weighted by molar-refractivity contribution is -0.0659. The summed E-state index contributed by atoms with van der Waals surface area (Å²) in [6, 6.07) is 26.7. The number of fused-ring (bicyclic) bond motifs is 2. The molecule has 9 nitrogen and oxygen atoms in total. The number of pyridine rings is 1. The highest BCUT2D eigenvalue weighted by Gasteiger charge is 2.56. The Hall–Kier alpha value is -5.27. The van der Waals surface area contributed by atoms with Gasteiger partial charge >= 0.3 is 5.97 Å². The normalized spacial score (nSPS) is 24.8. The van der Waals surface area contributed by atoms with E-state index >= 15 is 0 Å². The Labute approximate surface area is 344 Å². The second-order valence-electron chi connectivity index (χ2n) is 18.6. The summed E-state index contributed by atoms with van der Waals surface area (Å²) in [4.78, 5) is 42.3. The number of rotatable bonds is 7. The van der Waals surface area contributed by atoms with Gasteiger partial charge in [0.15, 0.2) is 10.8 Å². The first-order valence-electron chi connectivity index (χ1n) is 21.1. The van der Waals surface area contributed by atoms with Crippen LogP contribution in [-0.2, 0) is 17.7 Å². The number of hydrogen-bond acceptors (Lipinski definition) is 9. The summed E-state index contributed by atoms with van der Waals surface area (Å²) >= 11 is 1.45. The molecule has 5 aromatic rings. The van der Waals surface area contributed by atoms with E-state index in [1.54, 1.807) is 0 Å². The molecule has 58 heavy (non-hydrogen) atoms. The summed E-state index contributed by atoms with van der Waals surface area (Å²) < 4.78 is 7.02. The van der Waals surface area contributed by atoms with Crippen molar-refractivity contribution in [1.29, 1.82) is 5.26 Å². The smallest absolute Gasteiger partial charge is 0.358 e. The Bertz CT molecular complexity index is 2430. The quantitative estimate of drug-likeness (QED) is 0.162. The molecule has 11 rings (SSSR count). The fraction of sp³-hybridized carbons (Fsp3) is 0.438. The number of nitrogens with one attached hydrogen (secondary N) is 1. The first-order valence-corrected chi connectivity index (χ1v) is 21.9. The number of benzene rings is 3. The number of carbonyl (C=O) groups is 2. The molecule has 3 aromatic carbocycles. The fourth-order valence-corrected chi connectivity index (χ4v) is 12.7. The molecule has 1 amide bonds. The second-order valence-corrected chi connectivity index (χ2v) is 19.6. The molecular formula is C48H50N6O3S. The minimum Gasteiger partial charge on any atom is -0.455 e. The van der Waals surface area contributed by atoms with E-state index in [2.05, 4.69) is 38.3 Å². The molecule has 4 saturated carbocycles. The number of nitrogens with zero attached hydrogens (tertiary/aromatic N) is 5. The zero-order chi connectivity index (χ0) is 39.8. The maximum atomic E-state index is 14.2. The van der Waals surface area contributed by atoms with Crippen LogP contribution in [0.3, 0.4) is 0 Å². The van der Waals surface area contributed by atoms with Gasteiger partial charge in [-0.25, -0.2) is 14.8 Å². The highest BCUT2D eigenvalue weighted by molar-refractivity contribution is 7.22. The largest absolute Gasteiger partial charge is 0.455 e. The van der Waals surface area contributed by atoms with E-state index in [0.29, 0.717) is 64.2 Å². The van der Waals surface area contributed by atoms with E-state index in [1.165, 1.54) is 56.3 Å². The average molecular weight is 791 g/mol. The van der Waals surface area contributed by atoms with Gasteiger partial charge in [-0.3, -0.25) is 10.1 Å². The fourth-order valence-electron chi connectivity index (χ4n) is 11.8. The van der Waals surface area contributed by atoms with Gasteiger partial charge in [0.25, 0.3) is 5.91 Å². The lowest BCUT2D eigenvalue weighted by atomic mass is 9.47. The molecule has 4 bridgehead atoms. The van der Waals surface area contributed by atoms with Gasteiger partial charge in [-0.1, -0.05) is 47.7 Å². The number of amides is 1. The maximum absolute atomic E-state index is 14.2. The molecule has 1 saturated heterocycles. The van der Waals surface area contributed by atoms with Gasteiger partial charge in [0.05, 0.1) is 21.5 Å². The van der Waals surface area contributed by atoms with Gasteiger partial charge in [0.2, 0.25) is 0 Å². The van der Waals surface area contributed by atoms with Crippen molar-refractivity contribution >= 4 is 50.1 Å². The van der Waals surface area contributed by atoms with Crippen molar-refractivity contribution in [2.75, 3.05) is 28.2 Å². The monoisotopic (exact) mass is 790 g/mol. The number of hydrogen-bond donors (Lipinski definition) is 1. The van der Waals surface area contributed by atoms with E-state index in [-0.39, 0.29) is 11.6 Å². The van der Waals surface area contributed by atoms with Gasteiger partial charge in [-0.05, 0) is 149 Å². The van der Waals surface area contributed by atoms with Crippen LogP contribution < -0.4 is 15.1 Å². The molecule has 2 aromatic heterocycles. The molecule has 1 atom stereocenters. The van der Waals surface area contributed by atoms with Crippen molar-refractivity contribution in [3.8, 4) is 17.2 Å². The van der Waals surface area contributed by atoms with Crippen LogP contribution in [-0.4, -0.2) is 46.6 Å². The summed E-state index contributed by atoms with van der Waals surface area (Å²) in [7, 11) is 0. The van der Waals surface area contributed by atoms with Crippen molar-refractivity contribution in [3.05, 3.63) is 101 Å². The van der Waals surface area contributed by atoms with Crippen LogP contribution in [0.2, 0.25) is 0 Å². The highest BCUT2D eigenvalue weighted by Crippen LogP contribution is 2.63. The van der Waals surface area contributed by atoms with Crippen molar-refractivity contribution in [1.82, 2.24) is 9.97 Å². The van der Waals surface area contributed by atoms with Gasteiger partial charge in [0, 0.05) is 42.4 Å². The molecule has 1 N–H and O–H groups in total. The Kier molecular flexibility index (Phi) is 9.08. The average Bonchev–Trinajstić information content (AvgIpc) is 3.87. The van der Waals surface area contributed by atoms with E-state index in [0.717, 1.165) is 57.8 Å². The van der Waals surface area contributed by atoms with Gasteiger partial charge in [-0.2, -0.15) is 5.26 Å². The molecule has 1 unspecified atom stereocenters. The zero-order valence-corrected chi connectivity index (χ0v) is 34.4. The van der Waals surface area contributed by atoms with E-state index in [1.807, 2.05) is 81.4 Å². The van der Waals surface area contributed by atoms with Gasteiger partial charge in [-0.15, -0.1) is 0 Å². The molecule has 4 heterocycles. The lowest BCUT2D eigenvalue weighted by Crippen LogP contribution is -2.55. The first kappa shape index (κ1) is 37.0. The number of ether oxygens (including phenoxy) is 1. The van der Waals surface area contributed by atoms with Crippen LogP contribution in [0, 0.1) is 34.5 Å². The first-order chi connectivity index (χ1) is 28.0.